The highest BCUT2D eigenvalue weighted by molar-refractivity contribution is 5.70. The third kappa shape index (κ3) is 3.71. The molecule has 0 radical (unpaired) electrons. The number of ether oxygens (including phenoxy) is 1. The zero-order chi connectivity index (χ0) is 19.6. The lowest BCUT2D eigenvalue weighted by molar-refractivity contribution is 0.0155. The number of hydrogen-bond donors (Lipinski definition) is 1. The lowest BCUT2D eigenvalue weighted by Gasteiger charge is -2.21. The lowest BCUT2D eigenvalue weighted by atomic mass is 10.1. The number of rotatable bonds is 5. The summed E-state index contributed by atoms with van der Waals surface area (Å²) in [6.45, 7) is 0.850. The molecule has 0 bridgehead atoms. The van der Waals surface area contributed by atoms with Crippen LogP contribution in [0.1, 0.15) is 25.1 Å². The summed E-state index contributed by atoms with van der Waals surface area (Å²) in [5.41, 5.74) is 2.97. The summed E-state index contributed by atoms with van der Waals surface area (Å²) in [4.78, 5) is 4.41. The molecule has 148 valence electrons. The van der Waals surface area contributed by atoms with E-state index in [1.165, 1.54) is 6.42 Å². The number of aryl methyl sites for hydroxylation is 1. The zero-order valence-corrected chi connectivity index (χ0v) is 16.3. The molecule has 5 heterocycles. The van der Waals surface area contributed by atoms with Crippen molar-refractivity contribution in [3.05, 3.63) is 54.7 Å². The van der Waals surface area contributed by atoms with Crippen LogP contribution in [-0.4, -0.2) is 42.1 Å². The Bertz CT molecular complexity index is 1130. The van der Waals surface area contributed by atoms with Gasteiger partial charge >= 0.3 is 0 Å². The summed E-state index contributed by atoms with van der Waals surface area (Å²) >= 11 is 0. The summed E-state index contributed by atoms with van der Waals surface area (Å²) < 4.78 is 9.68. The van der Waals surface area contributed by atoms with E-state index in [0.717, 1.165) is 60.1 Å². The molecule has 1 atom stereocenters. The van der Waals surface area contributed by atoms with Gasteiger partial charge in [0.15, 0.2) is 5.65 Å². The minimum absolute atomic E-state index is 0.247. The Kier molecular flexibility index (Phi) is 4.69. The second-order valence-corrected chi connectivity index (χ2v) is 7.35. The highest BCUT2D eigenvalue weighted by atomic mass is 16.5. The van der Waals surface area contributed by atoms with Crippen LogP contribution in [0.2, 0.25) is 0 Å². The summed E-state index contributed by atoms with van der Waals surface area (Å²) in [7, 11) is 1.89. The number of anilines is 2. The van der Waals surface area contributed by atoms with Crippen LogP contribution in [0.3, 0.4) is 0 Å². The molecule has 4 aromatic rings. The second kappa shape index (κ2) is 7.63. The van der Waals surface area contributed by atoms with Gasteiger partial charge in [-0.3, -0.25) is 9.08 Å². The molecular weight excluding hydrogens is 366 g/mol. The Balaban J connectivity index is 1.39. The first-order chi connectivity index (χ1) is 14.3. The number of nitrogens with one attached hydrogen (secondary N) is 1. The topological polar surface area (TPSA) is 82.2 Å². The van der Waals surface area contributed by atoms with Gasteiger partial charge in [-0.2, -0.15) is 5.10 Å². The largest absolute Gasteiger partial charge is 0.378 e. The van der Waals surface area contributed by atoms with Gasteiger partial charge in [0.2, 0.25) is 0 Å². The fourth-order valence-corrected chi connectivity index (χ4v) is 3.74. The highest BCUT2D eigenvalue weighted by Gasteiger charge is 2.18. The predicted molar refractivity (Wildman–Crippen MR) is 110 cm³/mol. The van der Waals surface area contributed by atoms with Crippen LogP contribution in [-0.2, 0) is 18.2 Å². The van der Waals surface area contributed by atoms with Crippen molar-refractivity contribution in [2.24, 2.45) is 7.05 Å². The summed E-state index contributed by atoms with van der Waals surface area (Å²) in [5, 5.41) is 16.2. The van der Waals surface area contributed by atoms with E-state index in [0.29, 0.717) is 0 Å². The van der Waals surface area contributed by atoms with Gasteiger partial charge in [0.25, 0.3) is 0 Å². The Morgan fingerprint density at radius 3 is 2.86 bits per heavy atom. The van der Waals surface area contributed by atoms with Crippen molar-refractivity contribution in [3.63, 3.8) is 0 Å². The van der Waals surface area contributed by atoms with Crippen LogP contribution >= 0.6 is 0 Å². The molecule has 0 saturated carbocycles. The summed E-state index contributed by atoms with van der Waals surface area (Å²) in [6, 6.07) is 10.1. The maximum Gasteiger partial charge on any atom is 0.161 e. The molecule has 1 saturated heterocycles. The van der Waals surface area contributed by atoms with Crippen molar-refractivity contribution in [2.75, 3.05) is 11.9 Å². The van der Waals surface area contributed by atoms with E-state index in [-0.39, 0.29) is 6.10 Å². The normalized spacial score (nSPS) is 16.9. The van der Waals surface area contributed by atoms with Gasteiger partial charge in [0, 0.05) is 38.5 Å². The van der Waals surface area contributed by atoms with Crippen molar-refractivity contribution in [1.29, 1.82) is 0 Å². The number of aromatic nitrogens is 6. The Morgan fingerprint density at radius 1 is 1.10 bits per heavy atom. The number of nitrogens with zero attached hydrogens (tertiary/aromatic N) is 6. The van der Waals surface area contributed by atoms with Gasteiger partial charge < -0.3 is 10.1 Å². The maximum atomic E-state index is 5.86. The van der Waals surface area contributed by atoms with Crippen LogP contribution in [0.25, 0.3) is 16.8 Å². The number of hydrogen-bond acceptors (Lipinski definition) is 6. The molecule has 1 aliphatic heterocycles. The lowest BCUT2D eigenvalue weighted by Crippen LogP contribution is -2.22. The molecule has 1 unspecified atom stereocenters. The first kappa shape index (κ1) is 17.8. The molecule has 5 rings (SSSR count). The smallest absolute Gasteiger partial charge is 0.161 e. The van der Waals surface area contributed by atoms with Crippen molar-refractivity contribution in [1.82, 2.24) is 29.4 Å². The monoisotopic (exact) mass is 389 g/mol. The molecule has 29 heavy (non-hydrogen) atoms. The molecule has 0 spiro atoms. The average molecular weight is 389 g/mol. The van der Waals surface area contributed by atoms with Gasteiger partial charge in [0.05, 0.1) is 12.3 Å². The van der Waals surface area contributed by atoms with Crippen LogP contribution in [0.4, 0.5) is 11.6 Å². The molecule has 8 nitrogen and oxygen atoms in total. The molecule has 0 aromatic carbocycles. The van der Waals surface area contributed by atoms with E-state index in [1.807, 2.05) is 31.4 Å². The van der Waals surface area contributed by atoms with Gasteiger partial charge in [-0.05, 0) is 54.7 Å². The van der Waals surface area contributed by atoms with E-state index in [2.05, 4.69) is 42.1 Å². The van der Waals surface area contributed by atoms with E-state index in [9.17, 15) is 0 Å². The molecule has 0 amide bonds. The highest BCUT2D eigenvalue weighted by Crippen LogP contribution is 2.25. The molecule has 1 fully saturated rings. The number of fused-ring (bicyclic) bond motifs is 1. The van der Waals surface area contributed by atoms with E-state index < -0.39 is 0 Å². The third-order valence-corrected chi connectivity index (χ3v) is 5.34. The SMILES string of the molecule is Cn1nccc1Nc1cc(-c2ccn3c(CC4CCCCO4)nnc3c2)ccn1. The van der Waals surface area contributed by atoms with Crippen LogP contribution in [0, 0.1) is 0 Å². The summed E-state index contributed by atoms with van der Waals surface area (Å²) in [6.07, 6.45) is 10.1. The molecule has 1 aliphatic rings. The van der Waals surface area contributed by atoms with E-state index >= 15 is 0 Å². The van der Waals surface area contributed by atoms with E-state index in [4.69, 9.17) is 4.74 Å². The van der Waals surface area contributed by atoms with Crippen molar-refractivity contribution < 1.29 is 4.74 Å². The quantitative estimate of drug-likeness (QED) is 0.563. The van der Waals surface area contributed by atoms with Crippen molar-refractivity contribution >= 4 is 17.3 Å². The minimum Gasteiger partial charge on any atom is -0.378 e. The minimum atomic E-state index is 0.247. The first-order valence-corrected chi connectivity index (χ1v) is 9.93. The zero-order valence-electron chi connectivity index (χ0n) is 16.3. The van der Waals surface area contributed by atoms with E-state index in [1.54, 1.807) is 17.1 Å². The molecule has 8 heteroatoms. The van der Waals surface area contributed by atoms with Crippen LogP contribution in [0.5, 0.6) is 0 Å². The van der Waals surface area contributed by atoms with Crippen LogP contribution < -0.4 is 5.32 Å². The standard InChI is InChI=1S/C21H23N7O/c1-27-19(6-9-23-27)24-18-12-15(5-8-22-18)16-7-10-28-20(13-16)25-26-21(28)14-17-4-2-3-11-29-17/h5-10,12-13,17H,2-4,11,14H2,1H3,(H,22,24). The fourth-order valence-electron chi connectivity index (χ4n) is 3.74. The average Bonchev–Trinajstić information content (AvgIpc) is 3.35. The predicted octanol–water partition coefficient (Wildman–Crippen LogP) is 3.38. The van der Waals surface area contributed by atoms with Gasteiger partial charge in [-0.1, -0.05) is 0 Å². The Morgan fingerprint density at radius 2 is 2.03 bits per heavy atom. The molecule has 4 aromatic heterocycles. The molecular formula is C21H23N7O. The van der Waals surface area contributed by atoms with Crippen molar-refractivity contribution in [2.45, 2.75) is 31.8 Å². The van der Waals surface area contributed by atoms with Gasteiger partial charge in [0.1, 0.15) is 17.5 Å². The Hall–Kier alpha value is -3.26. The second-order valence-electron chi connectivity index (χ2n) is 7.35. The maximum absolute atomic E-state index is 5.86. The van der Waals surface area contributed by atoms with Crippen LogP contribution in [0.15, 0.2) is 48.9 Å². The third-order valence-electron chi connectivity index (χ3n) is 5.34. The summed E-state index contributed by atoms with van der Waals surface area (Å²) in [5.74, 6) is 2.60. The first-order valence-electron chi connectivity index (χ1n) is 9.93. The van der Waals surface area contributed by atoms with Gasteiger partial charge in [-0.25, -0.2) is 4.98 Å². The van der Waals surface area contributed by atoms with Crippen molar-refractivity contribution in [3.8, 4) is 11.1 Å². The Labute approximate surface area is 168 Å². The fraction of sp³-hybridized carbons (Fsp3) is 0.333. The van der Waals surface area contributed by atoms with Gasteiger partial charge in [-0.15, -0.1) is 10.2 Å². The molecule has 0 aliphatic carbocycles. The molecule has 1 N–H and O–H groups in total. The number of pyridine rings is 2.